The molecular formula is C23H37N3O6. The number of nitrogens with one attached hydrogen (secondary N) is 3. The number of carbonyl (C=O) groups is 4. The van der Waals surface area contributed by atoms with Gasteiger partial charge in [0.1, 0.15) is 18.2 Å². The fourth-order valence-electron chi connectivity index (χ4n) is 3.58. The van der Waals surface area contributed by atoms with Crippen LogP contribution in [0.4, 0.5) is 0 Å². The van der Waals surface area contributed by atoms with Crippen molar-refractivity contribution >= 4 is 23.7 Å². The van der Waals surface area contributed by atoms with Gasteiger partial charge in [0, 0.05) is 18.4 Å². The summed E-state index contributed by atoms with van der Waals surface area (Å²) in [5.74, 6) is -3.52. The molecule has 0 unspecified atom stereocenters. The largest absolute Gasteiger partial charge is 0.460 e. The van der Waals surface area contributed by atoms with E-state index in [2.05, 4.69) is 22.5 Å². The molecule has 1 aliphatic rings. The number of rotatable bonds is 6. The van der Waals surface area contributed by atoms with Gasteiger partial charge in [-0.2, -0.15) is 0 Å². The average molecular weight is 452 g/mol. The van der Waals surface area contributed by atoms with Crippen LogP contribution in [0.1, 0.15) is 53.9 Å². The third-order valence-electron chi connectivity index (χ3n) is 5.42. The molecular weight excluding hydrogens is 414 g/mol. The van der Waals surface area contributed by atoms with Gasteiger partial charge in [-0.3, -0.25) is 14.4 Å². The third-order valence-corrected chi connectivity index (χ3v) is 5.42. The van der Waals surface area contributed by atoms with Gasteiger partial charge in [0.25, 0.3) is 0 Å². The number of carbonyl (C=O) groups excluding carboxylic acids is 4. The Kier molecular flexibility index (Phi) is 11.1. The first-order valence-electron chi connectivity index (χ1n) is 11.1. The van der Waals surface area contributed by atoms with Gasteiger partial charge in [0.15, 0.2) is 0 Å². The minimum Gasteiger partial charge on any atom is -0.460 e. The molecule has 0 fully saturated rings. The van der Waals surface area contributed by atoms with E-state index in [1.165, 1.54) is 13.0 Å². The van der Waals surface area contributed by atoms with Crippen LogP contribution in [0.25, 0.3) is 0 Å². The lowest BCUT2D eigenvalue weighted by Gasteiger charge is -2.33. The van der Waals surface area contributed by atoms with Crippen molar-refractivity contribution in [3.05, 3.63) is 24.4 Å². The number of allylic oxidation sites excluding steroid dienone is 1. The molecule has 0 aromatic rings. The second-order valence-electron chi connectivity index (χ2n) is 8.59. The van der Waals surface area contributed by atoms with Gasteiger partial charge in [-0.05, 0) is 37.7 Å². The highest BCUT2D eigenvalue weighted by atomic mass is 16.5. The second-order valence-corrected chi connectivity index (χ2v) is 8.59. The van der Waals surface area contributed by atoms with E-state index in [0.717, 1.165) is 12.5 Å². The van der Waals surface area contributed by atoms with Gasteiger partial charge in [0.05, 0.1) is 5.92 Å². The first-order valence-corrected chi connectivity index (χ1v) is 11.1. The van der Waals surface area contributed by atoms with Crippen molar-refractivity contribution in [2.75, 3.05) is 6.61 Å². The van der Waals surface area contributed by atoms with Gasteiger partial charge < -0.3 is 25.8 Å². The molecule has 1 aliphatic heterocycles. The zero-order valence-electron chi connectivity index (χ0n) is 19.6. The van der Waals surface area contributed by atoms with E-state index in [1.807, 2.05) is 13.8 Å². The second kappa shape index (κ2) is 13.0. The number of cyclic esters (lactones) is 1. The summed E-state index contributed by atoms with van der Waals surface area (Å²) in [6.07, 6.45) is 3.25. The van der Waals surface area contributed by atoms with Crippen LogP contribution in [-0.2, 0) is 23.9 Å². The number of amides is 3. The lowest BCUT2D eigenvalue weighted by atomic mass is 9.86. The maximum absolute atomic E-state index is 13.1. The maximum atomic E-state index is 13.1. The number of hydrogen-bond acceptors (Lipinski definition) is 6. The molecule has 3 amide bonds. The Morgan fingerprint density at radius 1 is 1.09 bits per heavy atom. The Balaban J connectivity index is 3.42. The van der Waals surface area contributed by atoms with E-state index in [-0.39, 0.29) is 30.6 Å². The van der Waals surface area contributed by atoms with Crippen molar-refractivity contribution in [1.29, 1.82) is 0 Å². The van der Waals surface area contributed by atoms with Crippen LogP contribution in [0.5, 0.6) is 0 Å². The van der Waals surface area contributed by atoms with Crippen LogP contribution < -0.4 is 16.0 Å². The Morgan fingerprint density at radius 3 is 2.31 bits per heavy atom. The summed E-state index contributed by atoms with van der Waals surface area (Å²) >= 11 is 0. The number of hydrogen-bond donors (Lipinski definition) is 4. The number of ether oxygens (including phenoxy) is 1. The predicted octanol–water partition coefficient (Wildman–Crippen LogP) is 1.18. The van der Waals surface area contributed by atoms with Crippen LogP contribution in [0.3, 0.4) is 0 Å². The van der Waals surface area contributed by atoms with Gasteiger partial charge in [-0.25, -0.2) is 4.79 Å². The molecule has 9 heteroatoms. The van der Waals surface area contributed by atoms with Gasteiger partial charge in [-0.15, -0.1) is 0 Å². The van der Waals surface area contributed by atoms with Gasteiger partial charge >= 0.3 is 5.97 Å². The molecule has 0 bridgehead atoms. The number of aliphatic hydroxyl groups is 1. The SMILES string of the molecule is C=C1/C=C\C(=O)N[C@@H](C)C(=O)N[C@H](C(C)C)C(=O)O[C@H]([C@H](C)CCC)[C@@H](CCO)C(=O)N1. The summed E-state index contributed by atoms with van der Waals surface area (Å²) in [4.78, 5) is 50.8. The Labute approximate surface area is 190 Å². The van der Waals surface area contributed by atoms with E-state index < -0.39 is 47.8 Å². The van der Waals surface area contributed by atoms with Crippen molar-refractivity contribution in [3.63, 3.8) is 0 Å². The molecule has 0 saturated carbocycles. The van der Waals surface area contributed by atoms with Crippen molar-refractivity contribution in [1.82, 2.24) is 16.0 Å². The van der Waals surface area contributed by atoms with Gasteiger partial charge in [-0.1, -0.05) is 40.7 Å². The van der Waals surface area contributed by atoms with Gasteiger partial charge in [0.2, 0.25) is 17.7 Å². The molecule has 0 saturated heterocycles. The molecule has 5 atom stereocenters. The van der Waals surface area contributed by atoms with E-state index in [0.29, 0.717) is 6.42 Å². The topological polar surface area (TPSA) is 134 Å². The highest BCUT2D eigenvalue weighted by molar-refractivity contribution is 5.94. The minimum atomic E-state index is -0.966. The zero-order valence-corrected chi connectivity index (χ0v) is 19.6. The molecule has 4 N–H and O–H groups in total. The summed E-state index contributed by atoms with van der Waals surface area (Å²) in [5.41, 5.74) is 0.161. The van der Waals surface area contributed by atoms with Crippen LogP contribution in [0.2, 0.25) is 0 Å². The molecule has 1 heterocycles. The van der Waals surface area contributed by atoms with Crippen molar-refractivity contribution in [2.24, 2.45) is 17.8 Å². The summed E-state index contributed by atoms with van der Waals surface area (Å²) in [6, 6.07) is -1.86. The summed E-state index contributed by atoms with van der Waals surface area (Å²) in [6.45, 7) is 12.3. The van der Waals surface area contributed by atoms with E-state index in [4.69, 9.17) is 4.74 Å². The Bertz CT molecular complexity index is 733. The summed E-state index contributed by atoms with van der Waals surface area (Å²) < 4.78 is 5.83. The quantitative estimate of drug-likeness (QED) is 0.448. The molecule has 0 aromatic carbocycles. The molecule has 0 aromatic heterocycles. The highest BCUT2D eigenvalue weighted by Gasteiger charge is 2.38. The molecule has 0 aliphatic carbocycles. The van der Waals surface area contributed by atoms with Crippen LogP contribution in [0.15, 0.2) is 24.4 Å². The summed E-state index contributed by atoms with van der Waals surface area (Å²) in [5, 5.41) is 17.3. The first kappa shape index (κ1) is 27.4. The smallest absolute Gasteiger partial charge is 0.329 e. The van der Waals surface area contributed by atoms with E-state index >= 15 is 0 Å². The van der Waals surface area contributed by atoms with Crippen LogP contribution >= 0.6 is 0 Å². The average Bonchev–Trinajstić information content (AvgIpc) is 2.71. The monoisotopic (exact) mass is 451 g/mol. The van der Waals surface area contributed by atoms with Crippen molar-refractivity contribution in [2.45, 2.75) is 72.1 Å². The van der Waals surface area contributed by atoms with Crippen LogP contribution in [0, 0.1) is 17.8 Å². The Morgan fingerprint density at radius 2 is 1.75 bits per heavy atom. The number of esters is 1. The highest BCUT2D eigenvalue weighted by Crippen LogP contribution is 2.26. The maximum Gasteiger partial charge on any atom is 0.329 e. The number of aliphatic hydroxyl groups excluding tert-OH is 1. The lowest BCUT2D eigenvalue weighted by molar-refractivity contribution is -0.162. The van der Waals surface area contributed by atoms with Crippen LogP contribution in [-0.4, -0.2) is 53.6 Å². The summed E-state index contributed by atoms with van der Waals surface area (Å²) in [7, 11) is 0. The van der Waals surface area contributed by atoms with Crippen molar-refractivity contribution in [3.8, 4) is 0 Å². The van der Waals surface area contributed by atoms with E-state index in [9.17, 15) is 24.3 Å². The zero-order chi connectivity index (χ0) is 24.4. The molecule has 1 rings (SSSR count). The molecule has 32 heavy (non-hydrogen) atoms. The minimum absolute atomic E-state index is 0.0745. The molecule has 180 valence electrons. The molecule has 0 spiro atoms. The molecule has 9 nitrogen and oxygen atoms in total. The fraction of sp³-hybridized carbons (Fsp3) is 0.652. The fourth-order valence-corrected chi connectivity index (χ4v) is 3.58. The Hall–Kier alpha value is -2.68. The first-order chi connectivity index (χ1) is 15.0. The van der Waals surface area contributed by atoms with E-state index in [1.54, 1.807) is 13.8 Å². The predicted molar refractivity (Wildman–Crippen MR) is 120 cm³/mol. The molecule has 0 radical (unpaired) electrons. The van der Waals surface area contributed by atoms with Crippen molar-refractivity contribution < 1.29 is 29.0 Å². The third kappa shape index (κ3) is 8.11. The normalized spacial score (nSPS) is 28.0. The lowest BCUT2D eigenvalue weighted by Crippen LogP contribution is -2.53. The standard InChI is InChI=1S/C23H37N3O6/c1-7-8-14(4)20-17(11-12-27)22(30)24-15(5)9-10-18(28)25-16(6)21(29)26-19(13(2)3)23(31)32-20/h9-10,13-14,16-17,19-20,27H,5,7-8,11-12H2,1-4,6H3,(H,24,30)(H,25,28)(H,26,29)/b10-9-/t14-,16+,17-,19-,20-/m1/s1.